The molecule has 0 bridgehead atoms. The van der Waals surface area contributed by atoms with Gasteiger partial charge in [-0.2, -0.15) is 0 Å². The van der Waals surface area contributed by atoms with Crippen molar-refractivity contribution in [2.24, 2.45) is 0 Å². The minimum Gasteiger partial charge on any atom is -0.508 e. The summed E-state index contributed by atoms with van der Waals surface area (Å²) in [6.45, 7) is 7.70. The number of fused-ring (bicyclic) bond motifs is 1. The molecule has 0 fully saturated rings. The zero-order chi connectivity index (χ0) is 11.9. The van der Waals surface area contributed by atoms with Gasteiger partial charge in [-0.25, -0.2) is 0 Å². The molecule has 1 aliphatic rings. The lowest BCUT2D eigenvalue weighted by Crippen LogP contribution is -2.28. The summed E-state index contributed by atoms with van der Waals surface area (Å²) in [5, 5.41) is 10.0. The van der Waals surface area contributed by atoms with Crippen LogP contribution in [0.3, 0.4) is 0 Å². The molecule has 16 heavy (non-hydrogen) atoms. The van der Waals surface area contributed by atoms with E-state index in [-0.39, 0.29) is 5.41 Å². The van der Waals surface area contributed by atoms with Crippen LogP contribution in [0, 0.1) is 0 Å². The first-order valence-electron chi connectivity index (χ1n) is 5.55. The Kier molecular flexibility index (Phi) is 2.58. The Morgan fingerprint density at radius 3 is 2.62 bits per heavy atom. The number of nitrogens with zero attached hydrogens (tertiary/aromatic N) is 1. The maximum absolute atomic E-state index is 10.0. The second-order valence-electron chi connectivity index (χ2n) is 5.51. The lowest BCUT2D eigenvalue weighted by atomic mass is 9.85. The van der Waals surface area contributed by atoms with Crippen LogP contribution >= 0.6 is 0 Å². The molecule has 0 atom stereocenters. The zero-order valence-electron chi connectivity index (χ0n) is 10.4. The Bertz CT molecular complexity index is 407. The number of hydrogen-bond acceptors (Lipinski definition) is 3. The molecule has 1 aromatic carbocycles. The van der Waals surface area contributed by atoms with E-state index in [9.17, 15) is 5.11 Å². The van der Waals surface area contributed by atoms with E-state index in [1.54, 1.807) is 0 Å². The summed E-state index contributed by atoms with van der Waals surface area (Å²) in [5.41, 5.74) is 1.93. The molecule has 0 unspecified atom stereocenters. The molecule has 2 rings (SSSR count). The highest BCUT2D eigenvalue weighted by atomic mass is 16.5. The first-order chi connectivity index (χ1) is 7.38. The van der Waals surface area contributed by atoms with Crippen molar-refractivity contribution < 1.29 is 9.84 Å². The van der Waals surface area contributed by atoms with Gasteiger partial charge in [0.2, 0.25) is 0 Å². The maximum atomic E-state index is 10.0. The van der Waals surface area contributed by atoms with Gasteiger partial charge in [-0.3, -0.25) is 4.90 Å². The predicted molar refractivity (Wildman–Crippen MR) is 63.8 cm³/mol. The van der Waals surface area contributed by atoms with Crippen LogP contribution in [0.5, 0.6) is 11.5 Å². The number of phenolic OH excluding ortho intramolecular Hbond substituents is 1. The van der Waals surface area contributed by atoms with Crippen molar-refractivity contribution in [3.05, 3.63) is 23.3 Å². The van der Waals surface area contributed by atoms with Gasteiger partial charge in [-0.1, -0.05) is 20.8 Å². The normalized spacial score (nSPS) is 16.8. The van der Waals surface area contributed by atoms with Gasteiger partial charge >= 0.3 is 0 Å². The van der Waals surface area contributed by atoms with Gasteiger partial charge < -0.3 is 9.84 Å². The van der Waals surface area contributed by atoms with Crippen molar-refractivity contribution in [3.8, 4) is 11.5 Å². The van der Waals surface area contributed by atoms with Crippen molar-refractivity contribution in [1.29, 1.82) is 0 Å². The van der Waals surface area contributed by atoms with Gasteiger partial charge in [0.25, 0.3) is 0 Å². The van der Waals surface area contributed by atoms with E-state index in [0.29, 0.717) is 12.5 Å². The second kappa shape index (κ2) is 3.67. The molecule has 88 valence electrons. The number of aromatic hydroxyl groups is 1. The molecule has 0 aliphatic carbocycles. The molecular weight excluding hydrogens is 202 g/mol. The van der Waals surface area contributed by atoms with Crippen molar-refractivity contribution >= 4 is 0 Å². The largest absolute Gasteiger partial charge is 0.508 e. The van der Waals surface area contributed by atoms with Crippen LogP contribution in [0.4, 0.5) is 0 Å². The third kappa shape index (κ3) is 2.00. The molecule has 0 saturated carbocycles. The molecule has 1 aliphatic heterocycles. The van der Waals surface area contributed by atoms with E-state index in [4.69, 9.17) is 4.74 Å². The molecule has 1 N–H and O–H groups in total. The predicted octanol–water partition coefficient (Wildman–Crippen LogP) is 2.47. The van der Waals surface area contributed by atoms with Crippen LogP contribution in [0.1, 0.15) is 31.9 Å². The van der Waals surface area contributed by atoms with Crippen LogP contribution in [0.25, 0.3) is 0 Å². The van der Waals surface area contributed by atoms with Crippen LogP contribution in [0.15, 0.2) is 12.1 Å². The van der Waals surface area contributed by atoms with E-state index in [2.05, 4.69) is 25.7 Å². The molecule has 1 heterocycles. The number of rotatable bonds is 0. The summed E-state index contributed by atoms with van der Waals surface area (Å²) in [5.74, 6) is 1.27. The van der Waals surface area contributed by atoms with Gasteiger partial charge in [0, 0.05) is 17.7 Å². The quantitative estimate of drug-likeness (QED) is 0.730. The summed E-state index contributed by atoms with van der Waals surface area (Å²) in [4.78, 5) is 2.07. The molecule has 0 radical (unpaired) electrons. The average Bonchev–Trinajstić information content (AvgIpc) is 2.14. The van der Waals surface area contributed by atoms with Crippen LogP contribution in [0.2, 0.25) is 0 Å². The Labute approximate surface area is 96.6 Å². The lowest BCUT2D eigenvalue weighted by molar-refractivity contribution is 0.121. The summed E-state index contributed by atoms with van der Waals surface area (Å²) in [6, 6.07) is 3.79. The Morgan fingerprint density at radius 1 is 1.31 bits per heavy atom. The summed E-state index contributed by atoms with van der Waals surface area (Å²) < 4.78 is 5.64. The van der Waals surface area contributed by atoms with E-state index in [1.807, 2.05) is 19.2 Å². The van der Waals surface area contributed by atoms with E-state index in [0.717, 1.165) is 23.4 Å². The monoisotopic (exact) mass is 221 g/mol. The molecule has 0 saturated heterocycles. The highest BCUT2D eigenvalue weighted by Gasteiger charge is 2.23. The fraction of sp³-hybridized carbons (Fsp3) is 0.538. The molecule has 0 spiro atoms. The summed E-state index contributed by atoms with van der Waals surface area (Å²) in [7, 11) is 2.00. The average molecular weight is 221 g/mol. The van der Waals surface area contributed by atoms with Crippen LogP contribution in [-0.4, -0.2) is 23.8 Å². The molecule has 0 amide bonds. The minimum absolute atomic E-state index is 0.0637. The number of ether oxygens (including phenoxy) is 1. The Morgan fingerprint density at radius 2 is 2.00 bits per heavy atom. The standard InChI is InChI=1S/C13H19NO2/c1-13(2,3)10-6-12-9(5-11(10)15)7-14(4)8-16-12/h5-6,15H,7-8H2,1-4H3. The van der Waals surface area contributed by atoms with Gasteiger partial charge in [0.1, 0.15) is 18.2 Å². The molecule has 3 heteroatoms. The summed E-state index contributed by atoms with van der Waals surface area (Å²) >= 11 is 0. The Balaban J connectivity index is 2.46. The SMILES string of the molecule is CN1COc2cc(C(C)(C)C)c(O)cc2C1. The number of phenols is 1. The molecule has 0 aromatic heterocycles. The second-order valence-corrected chi connectivity index (χ2v) is 5.51. The molecular formula is C13H19NO2. The fourth-order valence-electron chi connectivity index (χ4n) is 1.99. The van der Waals surface area contributed by atoms with Crippen molar-refractivity contribution in [1.82, 2.24) is 4.90 Å². The summed E-state index contributed by atoms with van der Waals surface area (Å²) in [6.07, 6.45) is 0. The number of hydrogen-bond donors (Lipinski definition) is 1. The van der Waals surface area contributed by atoms with Crippen molar-refractivity contribution in [3.63, 3.8) is 0 Å². The van der Waals surface area contributed by atoms with Crippen LogP contribution in [-0.2, 0) is 12.0 Å². The van der Waals surface area contributed by atoms with Gasteiger partial charge in [-0.15, -0.1) is 0 Å². The van der Waals surface area contributed by atoms with Crippen LogP contribution < -0.4 is 4.74 Å². The van der Waals surface area contributed by atoms with E-state index < -0.39 is 0 Å². The highest BCUT2D eigenvalue weighted by molar-refractivity contribution is 5.49. The third-order valence-corrected chi connectivity index (χ3v) is 2.87. The topological polar surface area (TPSA) is 32.7 Å². The first kappa shape index (κ1) is 11.3. The van der Waals surface area contributed by atoms with E-state index in [1.165, 1.54) is 0 Å². The van der Waals surface area contributed by atoms with Crippen molar-refractivity contribution in [2.75, 3.05) is 13.8 Å². The van der Waals surface area contributed by atoms with E-state index >= 15 is 0 Å². The van der Waals surface area contributed by atoms with Gasteiger partial charge in [-0.05, 0) is 24.6 Å². The smallest absolute Gasteiger partial charge is 0.142 e. The molecule has 1 aromatic rings. The minimum atomic E-state index is -0.0637. The Hall–Kier alpha value is -1.22. The zero-order valence-corrected chi connectivity index (χ0v) is 10.4. The van der Waals surface area contributed by atoms with Gasteiger partial charge in [0.15, 0.2) is 0 Å². The first-order valence-corrected chi connectivity index (χ1v) is 5.55. The molecule has 3 nitrogen and oxygen atoms in total. The fourth-order valence-corrected chi connectivity index (χ4v) is 1.99. The maximum Gasteiger partial charge on any atom is 0.142 e. The lowest BCUT2D eigenvalue weighted by Gasteiger charge is -2.28. The van der Waals surface area contributed by atoms with Crippen molar-refractivity contribution in [2.45, 2.75) is 32.7 Å². The highest BCUT2D eigenvalue weighted by Crippen LogP contribution is 2.37. The number of benzene rings is 1. The van der Waals surface area contributed by atoms with Gasteiger partial charge in [0.05, 0.1) is 0 Å². The third-order valence-electron chi connectivity index (χ3n) is 2.87.